The van der Waals surface area contributed by atoms with E-state index in [1.54, 1.807) is 12.1 Å². The molecule has 0 aliphatic carbocycles. The van der Waals surface area contributed by atoms with E-state index in [4.69, 9.17) is 14.2 Å². The van der Waals surface area contributed by atoms with E-state index in [0.717, 1.165) is 11.1 Å². The lowest BCUT2D eigenvalue weighted by atomic mass is 10.2. The molecule has 0 atom stereocenters. The van der Waals surface area contributed by atoms with Crippen molar-refractivity contribution in [3.8, 4) is 17.2 Å². The molecule has 26 heavy (non-hydrogen) atoms. The minimum Gasteiger partial charge on any atom is -0.494 e. The summed E-state index contributed by atoms with van der Waals surface area (Å²) in [7, 11) is 3.23. The summed E-state index contributed by atoms with van der Waals surface area (Å²) < 4.78 is 29.2. The molecule has 138 valence electrons. The van der Waals surface area contributed by atoms with Gasteiger partial charge in [-0.3, -0.25) is 9.69 Å². The molecule has 0 aromatic heterocycles. The number of amides is 1. The van der Waals surface area contributed by atoms with Crippen molar-refractivity contribution < 1.29 is 23.4 Å². The number of likely N-dealkylation sites (N-methyl/N-ethyl adjacent to an activating group) is 1. The molecule has 6 nitrogen and oxygen atoms in total. The SMILES string of the molecule is COc1ccc(CN(C)CC(=O)NCc2ccc3c(c2)OCO3)cc1F. The molecule has 1 amide bonds. The molecule has 0 bridgehead atoms. The monoisotopic (exact) mass is 360 g/mol. The van der Waals surface area contributed by atoms with Crippen molar-refractivity contribution in [3.63, 3.8) is 0 Å². The predicted octanol–water partition coefficient (Wildman–Crippen LogP) is 2.31. The molecular formula is C19H21FN2O4. The highest BCUT2D eigenvalue weighted by atomic mass is 19.1. The molecule has 2 aromatic carbocycles. The molecule has 0 radical (unpaired) electrons. The molecule has 0 unspecified atom stereocenters. The van der Waals surface area contributed by atoms with Crippen LogP contribution in [0.4, 0.5) is 4.39 Å². The van der Waals surface area contributed by atoms with Crippen molar-refractivity contribution in [2.75, 3.05) is 27.5 Å². The fraction of sp³-hybridized carbons (Fsp3) is 0.316. The summed E-state index contributed by atoms with van der Waals surface area (Å²) in [4.78, 5) is 13.9. The van der Waals surface area contributed by atoms with E-state index in [2.05, 4.69) is 5.32 Å². The summed E-state index contributed by atoms with van der Waals surface area (Å²) in [6.45, 7) is 1.29. The van der Waals surface area contributed by atoms with Crippen LogP contribution in [0.15, 0.2) is 36.4 Å². The second-order valence-corrected chi connectivity index (χ2v) is 6.11. The van der Waals surface area contributed by atoms with Crippen LogP contribution in [0.1, 0.15) is 11.1 Å². The van der Waals surface area contributed by atoms with E-state index in [1.807, 2.05) is 30.1 Å². The molecule has 1 aliphatic heterocycles. The third kappa shape index (κ3) is 4.43. The van der Waals surface area contributed by atoms with Crippen molar-refractivity contribution in [1.82, 2.24) is 10.2 Å². The zero-order chi connectivity index (χ0) is 18.5. The number of methoxy groups -OCH3 is 1. The number of hydrogen-bond acceptors (Lipinski definition) is 5. The van der Waals surface area contributed by atoms with E-state index in [0.29, 0.717) is 24.6 Å². The van der Waals surface area contributed by atoms with Gasteiger partial charge in [-0.1, -0.05) is 12.1 Å². The second-order valence-electron chi connectivity index (χ2n) is 6.11. The highest BCUT2D eigenvalue weighted by Crippen LogP contribution is 2.32. The molecule has 7 heteroatoms. The van der Waals surface area contributed by atoms with E-state index in [9.17, 15) is 9.18 Å². The van der Waals surface area contributed by atoms with Gasteiger partial charge in [-0.25, -0.2) is 4.39 Å². The van der Waals surface area contributed by atoms with E-state index in [1.165, 1.54) is 13.2 Å². The zero-order valence-corrected chi connectivity index (χ0v) is 14.8. The van der Waals surface area contributed by atoms with Crippen LogP contribution < -0.4 is 19.5 Å². The van der Waals surface area contributed by atoms with Crippen LogP contribution in [0.5, 0.6) is 17.2 Å². The number of nitrogens with one attached hydrogen (secondary N) is 1. The van der Waals surface area contributed by atoms with Gasteiger partial charge in [0.05, 0.1) is 13.7 Å². The Bertz CT molecular complexity index is 797. The number of hydrogen-bond donors (Lipinski definition) is 1. The lowest BCUT2D eigenvalue weighted by Gasteiger charge is -2.17. The molecule has 2 aromatic rings. The zero-order valence-electron chi connectivity index (χ0n) is 14.8. The van der Waals surface area contributed by atoms with Gasteiger partial charge in [0.25, 0.3) is 0 Å². The van der Waals surface area contributed by atoms with Crippen LogP contribution in [0.3, 0.4) is 0 Å². The molecule has 0 saturated carbocycles. The minimum atomic E-state index is -0.411. The van der Waals surface area contributed by atoms with Crippen LogP contribution in [0.2, 0.25) is 0 Å². The Morgan fingerprint density at radius 3 is 2.73 bits per heavy atom. The molecule has 0 spiro atoms. The third-order valence-electron chi connectivity index (χ3n) is 4.01. The van der Waals surface area contributed by atoms with Crippen LogP contribution >= 0.6 is 0 Å². The number of nitrogens with zero attached hydrogens (tertiary/aromatic N) is 1. The first kappa shape index (κ1) is 18.0. The molecular weight excluding hydrogens is 339 g/mol. The fourth-order valence-corrected chi connectivity index (χ4v) is 2.73. The van der Waals surface area contributed by atoms with Gasteiger partial charge in [0.2, 0.25) is 12.7 Å². The third-order valence-corrected chi connectivity index (χ3v) is 4.01. The second kappa shape index (κ2) is 8.05. The van der Waals surface area contributed by atoms with Crippen molar-refractivity contribution in [1.29, 1.82) is 0 Å². The van der Waals surface area contributed by atoms with Gasteiger partial charge in [0.15, 0.2) is 23.1 Å². The van der Waals surface area contributed by atoms with Crippen LogP contribution in [0.25, 0.3) is 0 Å². The first-order chi connectivity index (χ1) is 12.5. The summed E-state index contributed by atoms with van der Waals surface area (Å²) in [5.74, 6) is 1.09. The predicted molar refractivity (Wildman–Crippen MR) is 93.7 cm³/mol. The maximum Gasteiger partial charge on any atom is 0.234 e. The van der Waals surface area contributed by atoms with Crippen molar-refractivity contribution in [3.05, 3.63) is 53.3 Å². The van der Waals surface area contributed by atoms with Crippen molar-refractivity contribution >= 4 is 5.91 Å². The van der Waals surface area contributed by atoms with Gasteiger partial charge in [0, 0.05) is 13.1 Å². The highest BCUT2D eigenvalue weighted by molar-refractivity contribution is 5.78. The van der Waals surface area contributed by atoms with Crippen molar-refractivity contribution in [2.24, 2.45) is 0 Å². The Labute approximate surface area is 151 Å². The van der Waals surface area contributed by atoms with E-state index in [-0.39, 0.29) is 25.0 Å². The standard InChI is InChI=1S/C19H21FN2O4/c1-22(10-14-4-5-16(24-2)15(20)7-14)11-19(23)21-9-13-3-6-17-18(8-13)26-12-25-17/h3-8H,9-12H2,1-2H3,(H,21,23). The lowest BCUT2D eigenvalue weighted by Crippen LogP contribution is -2.34. The average Bonchev–Trinajstić information content (AvgIpc) is 3.07. The first-order valence-corrected chi connectivity index (χ1v) is 8.21. The molecule has 1 N–H and O–H groups in total. The maximum atomic E-state index is 13.7. The van der Waals surface area contributed by atoms with E-state index < -0.39 is 5.82 Å². The fourth-order valence-electron chi connectivity index (χ4n) is 2.73. The van der Waals surface area contributed by atoms with Crippen LogP contribution in [-0.4, -0.2) is 38.3 Å². The van der Waals surface area contributed by atoms with Crippen molar-refractivity contribution in [2.45, 2.75) is 13.1 Å². The normalized spacial score (nSPS) is 12.3. The van der Waals surface area contributed by atoms with Gasteiger partial charge in [-0.05, 0) is 42.4 Å². The Morgan fingerprint density at radius 1 is 1.19 bits per heavy atom. The maximum absolute atomic E-state index is 13.7. The average molecular weight is 360 g/mol. The number of halogens is 1. The molecule has 3 rings (SSSR count). The number of benzene rings is 2. The Morgan fingerprint density at radius 2 is 1.96 bits per heavy atom. The molecule has 1 heterocycles. The number of ether oxygens (including phenoxy) is 3. The van der Waals surface area contributed by atoms with E-state index >= 15 is 0 Å². The van der Waals surface area contributed by atoms with Gasteiger partial charge < -0.3 is 19.5 Å². The van der Waals surface area contributed by atoms with Gasteiger partial charge in [-0.2, -0.15) is 0 Å². The van der Waals surface area contributed by atoms with Crippen LogP contribution in [0, 0.1) is 5.82 Å². The minimum absolute atomic E-state index is 0.112. The number of fused-ring (bicyclic) bond motifs is 1. The summed E-state index contributed by atoms with van der Waals surface area (Å²) in [6.07, 6.45) is 0. The number of carbonyl (C=O) groups excluding carboxylic acids is 1. The van der Waals surface area contributed by atoms with Gasteiger partial charge >= 0.3 is 0 Å². The Kier molecular flexibility index (Phi) is 5.58. The summed E-state index contributed by atoms with van der Waals surface area (Å²) in [5, 5.41) is 2.87. The number of carbonyl (C=O) groups is 1. The largest absolute Gasteiger partial charge is 0.494 e. The van der Waals surface area contributed by atoms with Gasteiger partial charge in [-0.15, -0.1) is 0 Å². The van der Waals surface area contributed by atoms with Crippen LogP contribution in [-0.2, 0) is 17.9 Å². The molecule has 0 fully saturated rings. The summed E-state index contributed by atoms with van der Waals surface area (Å²) >= 11 is 0. The lowest BCUT2D eigenvalue weighted by molar-refractivity contribution is -0.122. The molecule has 1 aliphatic rings. The topological polar surface area (TPSA) is 60.0 Å². The summed E-state index contributed by atoms with van der Waals surface area (Å²) in [6, 6.07) is 10.3. The molecule has 0 saturated heterocycles. The van der Waals surface area contributed by atoms with Gasteiger partial charge in [0.1, 0.15) is 0 Å². The Hall–Kier alpha value is -2.80. The first-order valence-electron chi connectivity index (χ1n) is 8.21. The highest BCUT2D eigenvalue weighted by Gasteiger charge is 2.14. The quantitative estimate of drug-likeness (QED) is 0.821. The Balaban J connectivity index is 1.47. The summed E-state index contributed by atoms with van der Waals surface area (Å²) in [5.41, 5.74) is 1.71. The smallest absolute Gasteiger partial charge is 0.234 e. The number of rotatable bonds is 7.